The predicted molar refractivity (Wildman–Crippen MR) is 124 cm³/mol. The fourth-order valence-corrected chi connectivity index (χ4v) is 4.83. The van der Waals surface area contributed by atoms with Crippen LogP contribution in [0.3, 0.4) is 0 Å². The van der Waals surface area contributed by atoms with Crippen molar-refractivity contribution in [1.82, 2.24) is 14.7 Å². The van der Waals surface area contributed by atoms with Crippen molar-refractivity contribution in [2.75, 3.05) is 13.1 Å². The Morgan fingerprint density at radius 1 is 1.00 bits per heavy atom. The SMILES string of the molecule is Cc1cc(COC(=O)N2C[C@H](C)C(=O)N3[C@@H]2CN(Cc2ccccc2)C(=O)[C@@H]3C)cc(C(F)(F)F)c1. The quantitative estimate of drug-likeness (QED) is 0.628. The number of alkyl halides is 3. The summed E-state index contributed by atoms with van der Waals surface area (Å²) in [6, 6.07) is 12.1. The van der Waals surface area contributed by atoms with Crippen LogP contribution in [-0.4, -0.2) is 57.9 Å². The van der Waals surface area contributed by atoms with Crippen molar-refractivity contribution in [3.63, 3.8) is 0 Å². The topological polar surface area (TPSA) is 70.2 Å². The van der Waals surface area contributed by atoms with Crippen molar-refractivity contribution in [3.05, 3.63) is 70.8 Å². The third-order valence-electron chi connectivity index (χ3n) is 6.58. The third kappa shape index (κ3) is 5.17. The maximum Gasteiger partial charge on any atom is 0.416 e. The van der Waals surface area contributed by atoms with Crippen molar-refractivity contribution in [2.45, 2.75) is 52.3 Å². The van der Waals surface area contributed by atoms with Gasteiger partial charge in [0.2, 0.25) is 11.8 Å². The summed E-state index contributed by atoms with van der Waals surface area (Å²) in [5.41, 5.74) is 0.714. The van der Waals surface area contributed by atoms with Gasteiger partial charge in [-0.3, -0.25) is 14.5 Å². The lowest BCUT2D eigenvalue weighted by molar-refractivity contribution is -0.171. The maximum atomic E-state index is 13.2. The first kappa shape index (κ1) is 25.5. The summed E-state index contributed by atoms with van der Waals surface area (Å²) in [6.45, 7) is 5.01. The van der Waals surface area contributed by atoms with Crippen LogP contribution in [0.5, 0.6) is 0 Å². The molecule has 0 aromatic heterocycles. The highest BCUT2D eigenvalue weighted by molar-refractivity contribution is 5.91. The van der Waals surface area contributed by atoms with Crippen molar-refractivity contribution in [1.29, 1.82) is 0 Å². The second kappa shape index (κ2) is 9.83. The molecule has 2 aliphatic heterocycles. The standard InChI is InChI=1S/C26H28F3N3O4/c1-16-9-20(11-21(10-16)26(27,28)29)15-36-25(35)31-12-17(2)23(33)32-18(3)24(34)30(14-22(31)32)13-19-7-5-4-6-8-19/h4-11,17-18,22H,12-15H2,1-3H3/t17-,18-,22+/m0/s1. The number of aryl methyl sites for hydroxylation is 1. The minimum absolute atomic E-state index is 0.0839. The molecule has 3 atom stereocenters. The first-order valence-corrected chi connectivity index (χ1v) is 11.7. The number of benzene rings is 2. The van der Waals surface area contributed by atoms with Gasteiger partial charge in [0.05, 0.1) is 18.0 Å². The highest BCUT2D eigenvalue weighted by Gasteiger charge is 2.49. The molecule has 2 saturated heterocycles. The zero-order valence-corrected chi connectivity index (χ0v) is 20.3. The van der Waals surface area contributed by atoms with Crippen molar-refractivity contribution in [3.8, 4) is 0 Å². The van der Waals surface area contributed by atoms with Gasteiger partial charge in [0.15, 0.2) is 0 Å². The molecule has 0 radical (unpaired) electrons. The van der Waals surface area contributed by atoms with E-state index >= 15 is 0 Å². The van der Waals surface area contributed by atoms with Gasteiger partial charge in [-0.2, -0.15) is 13.2 Å². The summed E-state index contributed by atoms with van der Waals surface area (Å²) < 4.78 is 45.0. The third-order valence-corrected chi connectivity index (χ3v) is 6.58. The van der Waals surface area contributed by atoms with E-state index in [0.29, 0.717) is 12.1 Å². The molecule has 2 aromatic rings. The molecule has 0 bridgehead atoms. The smallest absolute Gasteiger partial charge is 0.416 e. The Hall–Kier alpha value is -3.56. The van der Waals surface area contributed by atoms with Gasteiger partial charge in [0.25, 0.3) is 0 Å². The van der Waals surface area contributed by atoms with E-state index in [1.807, 2.05) is 30.3 Å². The van der Waals surface area contributed by atoms with Crippen LogP contribution in [-0.2, 0) is 33.7 Å². The zero-order valence-electron chi connectivity index (χ0n) is 20.3. The summed E-state index contributed by atoms with van der Waals surface area (Å²) in [7, 11) is 0. The van der Waals surface area contributed by atoms with Crippen LogP contribution in [0.1, 0.15) is 36.1 Å². The average molecular weight is 504 g/mol. The normalized spacial score (nSPS) is 22.5. The van der Waals surface area contributed by atoms with Crippen molar-refractivity contribution < 1.29 is 32.3 Å². The summed E-state index contributed by atoms with van der Waals surface area (Å²) >= 11 is 0. The molecule has 2 fully saturated rings. The van der Waals surface area contributed by atoms with E-state index in [9.17, 15) is 27.6 Å². The van der Waals surface area contributed by atoms with Crippen LogP contribution in [0.4, 0.5) is 18.0 Å². The van der Waals surface area contributed by atoms with E-state index in [4.69, 9.17) is 4.74 Å². The molecule has 2 heterocycles. The van der Waals surface area contributed by atoms with E-state index in [1.165, 1.54) is 22.8 Å². The van der Waals surface area contributed by atoms with Crippen LogP contribution in [0.15, 0.2) is 48.5 Å². The largest absolute Gasteiger partial charge is 0.444 e. The van der Waals surface area contributed by atoms with Gasteiger partial charge in [0, 0.05) is 13.1 Å². The van der Waals surface area contributed by atoms with Crippen LogP contribution >= 0.6 is 0 Å². The van der Waals surface area contributed by atoms with Gasteiger partial charge in [-0.05, 0) is 37.1 Å². The Labute approximate surface area is 207 Å². The number of rotatable bonds is 4. The Morgan fingerprint density at radius 2 is 1.69 bits per heavy atom. The fourth-order valence-electron chi connectivity index (χ4n) is 4.83. The summed E-state index contributed by atoms with van der Waals surface area (Å²) in [6.07, 6.45) is -6.00. The maximum absolute atomic E-state index is 13.2. The number of carbonyl (C=O) groups is 3. The van der Waals surface area contributed by atoms with E-state index in [-0.39, 0.29) is 37.1 Å². The number of hydrogen-bond donors (Lipinski definition) is 0. The lowest BCUT2D eigenvalue weighted by Crippen LogP contribution is -2.72. The summed E-state index contributed by atoms with van der Waals surface area (Å²) in [5.74, 6) is -0.997. The van der Waals surface area contributed by atoms with Crippen LogP contribution in [0.2, 0.25) is 0 Å². The predicted octanol–water partition coefficient (Wildman–Crippen LogP) is 4.19. The molecule has 7 nitrogen and oxygen atoms in total. The Balaban J connectivity index is 1.53. The van der Waals surface area contributed by atoms with E-state index in [2.05, 4.69) is 0 Å². The van der Waals surface area contributed by atoms with Crippen LogP contribution in [0.25, 0.3) is 0 Å². The second-order valence-corrected chi connectivity index (χ2v) is 9.42. The molecular formula is C26H28F3N3O4. The molecule has 4 rings (SSSR count). The van der Waals surface area contributed by atoms with Gasteiger partial charge in [-0.15, -0.1) is 0 Å². The van der Waals surface area contributed by atoms with Crippen molar-refractivity contribution >= 4 is 17.9 Å². The fraction of sp³-hybridized carbons (Fsp3) is 0.423. The Bertz CT molecular complexity index is 1150. The van der Waals surface area contributed by atoms with E-state index in [0.717, 1.165) is 17.7 Å². The molecule has 192 valence electrons. The highest BCUT2D eigenvalue weighted by atomic mass is 19.4. The first-order valence-electron chi connectivity index (χ1n) is 11.7. The van der Waals surface area contributed by atoms with Crippen LogP contribution in [0, 0.1) is 12.8 Å². The number of piperazine rings is 1. The van der Waals surface area contributed by atoms with Gasteiger partial charge < -0.3 is 14.5 Å². The number of hydrogen-bond acceptors (Lipinski definition) is 4. The number of halogens is 3. The Kier molecular flexibility index (Phi) is 6.97. The zero-order chi connectivity index (χ0) is 26.2. The molecule has 0 N–H and O–H groups in total. The number of ether oxygens (including phenoxy) is 1. The van der Waals surface area contributed by atoms with Gasteiger partial charge >= 0.3 is 12.3 Å². The summed E-state index contributed by atoms with van der Waals surface area (Å²) in [5, 5.41) is 0. The molecule has 0 spiro atoms. The molecule has 0 aliphatic carbocycles. The number of nitrogens with zero attached hydrogens (tertiary/aromatic N) is 3. The molecular weight excluding hydrogens is 475 g/mol. The average Bonchev–Trinajstić information content (AvgIpc) is 2.82. The minimum atomic E-state index is -4.51. The Morgan fingerprint density at radius 3 is 2.36 bits per heavy atom. The lowest BCUT2D eigenvalue weighted by atomic mass is 9.99. The molecule has 2 aliphatic rings. The molecule has 0 saturated carbocycles. The number of carbonyl (C=O) groups excluding carboxylic acids is 3. The first-order chi connectivity index (χ1) is 17.0. The van der Waals surface area contributed by atoms with Gasteiger partial charge in [-0.1, -0.05) is 48.9 Å². The van der Waals surface area contributed by atoms with E-state index in [1.54, 1.807) is 18.7 Å². The van der Waals surface area contributed by atoms with Crippen LogP contribution < -0.4 is 0 Å². The van der Waals surface area contributed by atoms with Gasteiger partial charge in [0.1, 0.15) is 18.8 Å². The molecule has 3 amide bonds. The molecule has 2 aromatic carbocycles. The van der Waals surface area contributed by atoms with E-state index < -0.39 is 36.0 Å². The minimum Gasteiger partial charge on any atom is -0.444 e. The lowest BCUT2D eigenvalue weighted by Gasteiger charge is -2.52. The molecule has 36 heavy (non-hydrogen) atoms. The number of amides is 3. The monoisotopic (exact) mass is 503 g/mol. The summed E-state index contributed by atoms with van der Waals surface area (Å²) in [4.78, 5) is 43.6. The second-order valence-electron chi connectivity index (χ2n) is 9.42. The number of fused-ring (bicyclic) bond motifs is 1. The highest BCUT2D eigenvalue weighted by Crippen LogP contribution is 2.32. The van der Waals surface area contributed by atoms with Gasteiger partial charge in [-0.25, -0.2) is 4.79 Å². The molecule has 0 unspecified atom stereocenters. The van der Waals surface area contributed by atoms with Crippen molar-refractivity contribution in [2.24, 2.45) is 5.92 Å². The molecule has 10 heteroatoms.